The Hall–Kier alpha value is -2.25. The van der Waals surface area contributed by atoms with Gasteiger partial charge in [0.05, 0.1) is 37.3 Å². The Bertz CT molecular complexity index is 806. The van der Waals surface area contributed by atoms with Crippen LogP contribution in [0.4, 0.5) is 0 Å². The molecule has 6 nitrogen and oxygen atoms in total. The van der Waals surface area contributed by atoms with E-state index in [1.165, 1.54) is 0 Å². The molecule has 0 spiro atoms. The van der Waals surface area contributed by atoms with Gasteiger partial charge in [-0.3, -0.25) is 4.79 Å². The number of aliphatic hydroxyl groups is 1. The van der Waals surface area contributed by atoms with Gasteiger partial charge in [0.25, 0.3) is 0 Å². The smallest absolute Gasteiger partial charge is 0.311 e. The van der Waals surface area contributed by atoms with E-state index in [9.17, 15) is 9.90 Å². The summed E-state index contributed by atoms with van der Waals surface area (Å²) in [4.78, 5) is 12.3. The highest BCUT2D eigenvalue weighted by Crippen LogP contribution is 2.25. The second-order valence-electron chi connectivity index (χ2n) is 8.93. The summed E-state index contributed by atoms with van der Waals surface area (Å²) >= 11 is 0. The average molecular weight is 428 g/mol. The minimum Gasteiger partial charge on any atom is -0.464 e. The van der Waals surface area contributed by atoms with Crippen molar-refractivity contribution >= 4 is 5.97 Å². The fourth-order valence-electron chi connectivity index (χ4n) is 3.56. The molecule has 2 aromatic rings. The second kappa shape index (κ2) is 10.9. The molecule has 1 heterocycles. The van der Waals surface area contributed by atoms with Gasteiger partial charge in [-0.15, -0.1) is 0 Å². The highest BCUT2D eigenvalue weighted by molar-refractivity contribution is 5.75. The highest BCUT2D eigenvalue weighted by atomic mass is 16.6. The van der Waals surface area contributed by atoms with E-state index >= 15 is 0 Å². The maximum atomic E-state index is 12.3. The first kappa shape index (κ1) is 23.4. The Morgan fingerprint density at radius 3 is 1.81 bits per heavy atom. The Kier molecular flexibility index (Phi) is 8.21. The lowest BCUT2D eigenvalue weighted by molar-refractivity contribution is -0.155. The summed E-state index contributed by atoms with van der Waals surface area (Å²) in [5, 5.41) is 13.3. The predicted molar refractivity (Wildman–Crippen MR) is 118 cm³/mol. The molecule has 31 heavy (non-hydrogen) atoms. The zero-order chi connectivity index (χ0) is 22.3. The molecule has 2 aromatic carbocycles. The molecule has 1 fully saturated rings. The van der Waals surface area contributed by atoms with Gasteiger partial charge in [-0.25, -0.2) is 0 Å². The van der Waals surface area contributed by atoms with Crippen LogP contribution >= 0.6 is 0 Å². The number of hydrogen-bond acceptors (Lipinski definition) is 6. The summed E-state index contributed by atoms with van der Waals surface area (Å²) in [6.07, 6.45) is -0.763. The Labute approximate surface area is 184 Å². The van der Waals surface area contributed by atoms with Crippen molar-refractivity contribution in [3.05, 3.63) is 71.8 Å². The molecule has 168 valence electrons. The first-order chi connectivity index (χ1) is 14.9. The summed E-state index contributed by atoms with van der Waals surface area (Å²) in [5.74, 6) is -0.273. The van der Waals surface area contributed by atoms with Gasteiger partial charge < -0.3 is 24.6 Å². The first-order valence-electron chi connectivity index (χ1n) is 10.7. The summed E-state index contributed by atoms with van der Waals surface area (Å²) in [7, 11) is 0. The van der Waals surface area contributed by atoms with Crippen LogP contribution in [0.1, 0.15) is 31.9 Å². The molecular formula is C25H33NO5. The molecule has 0 saturated carbocycles. The average Bonchev–Trinajstić information content (AvgIpc) is 3.11. The van der Waals surface area contributed by atoms with Crippen molar-refractivity contribution < 1.29 is 24.1 Å². The van der Waals surface area contributed by atoms with Gasteiger partial charge in [0.2, 0.25) is 0 Å². The molecule has 1 saturated heterocycles. The lowest BCUT2D eigenvalue weighted by atomic mass is 9.97. The Balaban J connectivity index is 1.71. The molecule has 4 atom stereocenters. The lowest BCUT2D eigenvalue weighted by Crippen LogP contribution is -2.41. The van der Waals surface area contributed by atoms with E-state index in [1.807, 2.05) is 81.4 Å². The number of ether oxygens (including phenoxy) is 3. The highest BCUT2D eigenvalue weighted by Gasteiger charge is 2.45. The Morgan fingerprint density at radius 2 is 1.35 bits per heavy atom. The van der Waals surface area contributed by atoms with Crippen molar-refractivity contribution in [1.82, 2.24) is 5.32 Å². The van der Waals surface area contributed by atoms with Crippen LogP contribution in [0.5, 0.6) is 0 Å². The number of benzene rings is 2. The third-order valence-corrected chi connectivity index (χ3v) is 5.32. The molecule has 6 heteroatoms. The summed E-state index contributed by atoms with van der Waals surface area (Å²) < 4.78 is 18.0. The molecule has 3 rings (SSSR count). The summed E-state index contributed by atoms with van der Waals surface area (Å²) in [6, 6.07) is 19.2. The van der Waals surface area contributed by atoms with Crippen LogP contribution in [-0.2, 0) is 32.2 Å². The SMILES string of the molecule is CC(C)(C)C(=O)OC[C@H]1N[C@@H](CO)[C@@H](OCc2ccccc2)[C@H]1OCc1ccccc1. The lowest BCUT2D eigenvalue weighted by Gasteiger charge is -2.26. The van der Waals surface area contributed by atoms with Gasteiger partial charge in [-0.2, -0.15) is 0 Å². The van der Waals surface area contributed by atoms with Crippen LogP contribution in [-0.4, -0.2) is 48.6 Å². The molecule has 0 bridgehead atoms. The van der Waals surface area contributed by atoms with E-state index in [4.69, 9.17) is 14.2 Å². The molecule has 0 aliphatic carbocycles. The zero-order valence-electron chi connectivity index (χ0n) is 18.5. The van der Waals surface area contributed by atoms with Gasteiger partial charge in [0.1, 0.15) is 18.8 Å². The maximum absolute atomic E-state index is 12.3. The number of esters is 1. The zero-order valence-corrected chi connectivity index (χ0v) is 18.5. The van der Waals surface area contributed by atoms with Crippen LogP contribution < -0.4 is 5.32 Å². The van der Waals surface area contributed by atoms with Crippen molar-refractivity contribution in [2.45, 2.75) is 58.3 Å². The van der Waals surface area contributed by atoms with Crippen LogP contribution in [0.25, 0.3) is 0 Å². The number of carbonyl (C=O) groups is 1. The quantitative estimate of drug-likeness (QED) is 0.599. The van der Waals surface area contributed by atoms with Crippen molar-refractivity contribution in [3.8, 4) is 0 Å². The minimum absolute atomic E-state index is 0.103. The van der Waals surface area contributed by atoms with Gasteiger partial charge in [0.15, 0.2) is 0 Å². The third-order valence-electron chi connectivity index (χ3n) is 5.32. The number of aliphatic hydroxyl groups excluding tert-OH is 1. The molecule has 0 radical (unpaired) electrons. The summed E-state index contributed by atoms with van der Waals surface area (Å²) in [5.41, 5.74) is 1.50. The second-order valence-corrected chi connectivity index (χ2v) is 8.93. The van der Waals surface area contributed by atoms with Gasteiger partial charge in [0, 0.05) is 0 Å². The number of hydrogen-bond donors (Lipinski definition) is 2. The minimum atomic E-state index is -0.585. The molecule has 0 aromatic heterocycles. The topological polar surface area (TPSA) is 77.0 Å². The third kappa shape index (κ3) is 6.61. The van der Waals surface area contributed by atoms with Crippen LogP contribution in [0.3, 0.4) is 0 Å². The molecule has 2 N–H and O–H groups in total. The van der Waals surface area contributed by atoms with Crippen molar-refractivity contribution in [3.63, 3.8) is 0 Å². The largest absolute Gasteiger partial charge is 0.464 e. The van der Waals surface area contributed by atoms with Crippen LogP contribution in [0, 0.1) is 5.41 Å². The number of nitrogens with one attached hydrogen (secondary N) is 1. The monoisotopic (exact) mass is 427 g/mol. The van der Waals surface area contributed by atoms with E-state index in [-0.39, 0.29) is 43.5 Å². The van der Waals surface area contributed by atoms with Crippen molar-refractivity contribution in [1.29, 1.82) is 0 Å². The van der Waals surface area contributed by atoms with Gasteiger partial charge >= 0.3 is 5.97 Å². The molecular weight excluding hydrogens is 394 g/mol. The predicted octanol–water partition coefficient (Wildman–Crippen LogP) is 3.08. The molecule has 1 aliphatic heterocycles. The number of rotatable bonds is 9. The standard InChI is InChI=1S/C25H33NO5/c1-25(2,3)24(28)31-17-21-23(30-16-19-12-8-5-9-13-19)22(20(14-27)26-21)29-15-18-10-6-4-7-11-18/h4-13,20-23,26-27H,14-17H2,1-3H3/t20-,21+,22+,23-/m0/s1. The van der Waals surface area contributed by atoms with Crippen LogP contribution in [0.2, 0.25) is 0 Å². The molecule has 1 aliphatic rings. The first-order valence-corrected chi connectivity index (χ1v) is 10.7. The van der Waals surface area contributed by atoms with E-state index in [1.54, 1.807) is 0 Å². The van der Waals surface area contributed by atoms with E-state index in [0.29, 0.717) is 13.2 Å². The van der Waals surface area contributed by atoms with Gasteiger partial charge in [-0.1, -0.05) is 60.7 Å². The molecule has 0 unspecified atom stereocenters. The normalized spacial score (nSPS) is 23.6. The van der Waals surface area contributed by atoms with Gasteiger partial charge in [-0.05, 0) is 31.9 Å². The Morgan fingerprint density at radius 1 is 0.871 bits per heavy atom. The number of carbonyl (C=O) groups excluding carboxylic acids is 1. The van der Waals surface area contributed by atoms with Crippen molar-refractivity contribution in [2.24, 2.45) is 5.41 Å². The van der Waals surface area contributed by atoms with E-state index in [0.717, 1.165) is 11.1 Å². The van der Waals surface area contributed by atoms with E-state index in [2.05, 4.69) is 5.32 Å². The van der Waals surface area contributed by atoms with E-state index < -0.39 is 5.41 Å². The maximum Gasteiger partial charge on any atom is 0.311 e. The fourth-order valence-corrected chi connectivity index (χ4v) is 3.56. The molecule has 0 amide bonds. The van der Waals surface area contributed by atoms with Crippen LogP contribution in [0.15, 0.2) is 60.7 Å². The van der Waals surface area contributed by atoms with Crippen molar-refractivity contribution in [2.75, 3.05) is 13.2 Å². The fraction of sp³-hybridized carbons (Fsp3) is 0.480. The summed E-state index contributed by atoms with van der Waals surface area (Å²) in [6.45, 7) is 6.32.